The third-order valence-corrected chi connectivity index (χ3v) is 5.73. The second-order valence-corrected chi connectivity index (χ2v) is 8.08. The zero-order valence-corrected chi connectivity index (χ0v) is 14.2. The van der Waals surface area contributed by atoms with Crippen molar-refractivity contribution in [3.8, 4) is 0 Å². The fourth-order valence-electron chi connectivity index (χ4n) is 2.25. The van der Waals surface area contributed by atoms with E-state index in [-0.39, 0.29) is 5.75 Å². The molecule has 0 unspecified atom stereocenters. The Morgan fingerprint density at radius 3 is 2.65 bits per heavy atom. The number of para-hydroxylation sites is 1. The van der Waals surface area contributed by atoms with Gasteiger partial charge < -0.3 is 5.32 Å². The Balaban J connectivity index is 1.70. The van der Waals surface area contributed by atoms with Gasteiger partial charge in [0.2, 0.25) is 10.0 Å². The maximum atomic E-state index is 11.6. The molecule has 2 aromatic carbocycles. The largest absolute Gasteiger partial charge is 0.357 e. The minimum Gasteiger partial charge on any atom is -0.357 e. The summed E-state index contributed by atoms with van der Waals surface area (Å²) in [6.07, 6.45) is 0. The lowest BCUT2D eigenvalue weighted by Gasteiger charge is -2.06. The van der Waals surface area contributed by atoms with Crippen LogP contribution in [0.1, 0.15) is 11.1 Å². The summed E-state index contributed by atoms with van der Waals surface area (Å²) in [6.45, 7) is 0.604. The first-order valence-electron chi connectivity index (χ1n) is 7.14. The van der Waals surface area contributed by atoms with Crippen LogP contribution in [0.2, 0.25) is 0 Å². The van der Waals surface area contributed by atoms with Gasteiger partial charge in [0.15, 0.2) is 5.13 Å². The standard InChI is InChI=1S/C16H17N3O2S2/c1-17-23(20,21)11-13-6-4-5-12(9-13)10-18-16-19-14-7-2-3-8-15(14)22-16/h2-9,17H,10-11H2,1H3,(H,18,19). The minimum atomic E-state index is -3.25. The van der Waals surface area contributed by atoms with Gasteiger partial charge >= 0.3 is 0 Å². The molecule has 0 aliphatic carbocycles. The second kappa shape index (κ2) is 6.66. The van der Waals surface area contributed by atoms with Crippen LogP contribution in [0, 0.1) is 0 Å². The molecule has 3 rings (SSSR count). The van der Waals surface area contributed by atoms with Crippen molar-refractivity contribution in [2.24, 2.45) is 0 Å². The normalized spacial score (nSPS) is 11.7. The minimum absolute atomic E-state index is 0.0154. The topological polar surface area (TPSA) is 71.1 Å². The van der Waals surface area contributed by atoms with E-state index < -0.39 is 10.0 Å². The van der Waals surface area contributed by atoms with Gasteiger partial charge in [-0.2, -0.15) is 0 Å². The first-order chi connectivity index (χ1) is 11.1. The van der Waals surface area contributed by atoms with Gasteiger partial charge in [0.05, 0.1) is 16.0 Å². The van der Waals surface area contributed by atoms with Crippen LogP contribution in [0.4, 0.5) is 5.13 Å². The molecule has 0 saturated carbocycles. The van der Waals surface area contributed by atoms with E-state index in [0.717, 1.165) is 26.5 Å². The van der Waals surface area contributed by atoms with Crippen molar-refractivity contribution in [3.63, 3.8) is 0 Å². The van der Waals surface area contributed by atoms with Crippen LogP contribution < -0.4 is 10.0 Å². The molecule has 0 saturated heterocycles. The molecule has 1 heterocycles. The monoisotopic (exact) mass is 347 g/mol. The van der Waals surface area contributed by atoms with Crippen LogP contribution in [0.25, 0.3) is 10.2 Å². The van der Waals surface area contributed by atoms with Gasteiger partial charge in [-0.3, -0.25) is 0 Å². The van der Waals surface area contributed by atoms with Crippen LogP contribution in [-0.4, -0.2) is 20.4 Å². The van der Waals surface area contributed by atoms with Crippen LogP contribution in [0.3, 0.4) is 0 Å². The Kier molecular flexibility index (Phi) is 4.61. The van der Waals surface area contributed by atoms with Crippen molar-refractivity contribution in [2.45, 2.75) is 12.3 Å². The number of nitrogens with one attached hydrogen (secondary N) is 2. The summed E-state index contributed by atoms with van der Waals surface area (Å²) < 4.78 is 26.7. The average molecular weight is 347 g/mol. The Labute approximate surface area is 139 Å². The summed E-state index contributed by atoms with van der Waals surface area (Å²) in [5.41, 5.74) is 2.77. The summed E-state index contributed by atoms with van der Waals surface area (Å²) >= 11 is 1.61. The number of sulfonamides is 1. The smallest absolute Gasteiger partial charge is 0.215 e. The van der Waals surface area contributed by atoms with E-state index in [1.165, 1.54) is 7.05 Å². The molecule has 5 nitrogen and oxygen atoms in total. The lowest BCUT2D eigenvalue weighted by molar-refractivity contribution is 0.587. The summed E-state index contributed by atoms with van der Waals surface area (Å²) in [5.74, 6) is -0.0154. The third-order valence-electron chi connectivity index (χ3n) is 3.40. The molecule has 23 heavy (non-hydrogen) atoms. The maximum Gasteiger partial charge on any atom is 0.215 e. The summed E-state index contributed by atoms with van der Waals surface area (Å²) in [6, 6.07) is 15.5. The van der Waals surface area contributed by atoms with Gasteiger partial charge in [-0.25, -0.2) is 18.1 Å². The highest BCUT2D eigenvalue weighted by molar-refractivity contribution is 7.88. The van der Waals surface area contributed by atoms with Crippen LogP contribution >= 0.6 is 11.3 Å². The van der Waals surface area contributed by atoms with E-state index >= 15 is 0 Å². The molecular formula is C16H17N3O2S2. The SMILES string of the molecule is CNS(=O)(=O)Cc1cccc(CNc2nc3ccccc3s2)c1. The highest BCUT2D eigenvalue weighted by Gasteiger charge is 2.09. The molecule has 120 valence electrons. The Morgan fingerprint density at radius 1 is 1.09 bits per heavy atom. The van der Waals surface area contributed by atoms with Gasteiger partial charge in [0.1, 0.15) is 0 Å². The lowest BCUT2D eigenvalue weighted by Crippen LogP contribution is -2.20. The zero-order chi connectivity index (χ0) is 16.3. The van der Waals surface area contributed by atoms with Gasteiger partial charge in [0.25, 0.3) is 0 Å². The summed E-state index contributed by atoms with van der Waals surface area (Å²) in [7, 11) is -1.83. The quantitative estimate of drug-likeness (QED) is 0.719. The fourth-order valence-corrected chi connectivity index (χ4v) is 3.87. The molecule has 0 fully saturated rings. The lowest BCUT2D eigenvalue weighted by atomic mass is 10.1. The van der Waals surface area contributed by atoms with Gasteiger partial charge in [-0.15, -0.1) is 0 Å². The predicted molar refractivity (Wildman–Crippen MR) is 95.1 cm³/mol. The molecule has 7 heteroatoms. The van der Waals surface area contributed by atoms with Gasteiger partial charge in [0, 0.05) is 6.54 Å². The molecule has 0 bridgehead atoms. The molecule has 0 radical (unpaired) electrons. The molecule has 0 amide bonds. The number of hydrogen-bond acceptors (Lipinski definition) is 5. The molecule has 0 aliphatic heterocycles. The van der Waals surface area contributed by atoms with E-state index in [2.05, 4.69) is 15.0 Å². The number of hydrogen-bond donors (Lipinski definition) is 2. The molecule has 2 N–H and O–H groups in total. The molecule has 1 aromatic heterocycles. The first kappa shape index (κ1) is 15.9. The van der Waals surface area contributed by atoms with E-state index in [0.29, 0.717) is 6.54 Å². The number of thiazole rings is 1. The van der Waals surface area contributed by atoms with Crippen molar-refractivity contribution in [2.75, 3.05) is 12.4 Å². The van der Waals surface area contributed by atoms with Gasteiger partial charge in [-0.1, -0.05) is 47.7 Å². The number of anilines is 1. The number of rotatable bonds is 6. The van der Waals surface area contributed by atoms with E-state index in [9.17, 15) is 8.42 Å². The molecule has 0 spiro atoms. The third kappa shape index (κ3) is 4.07. The number of nitrogens with zero attached hydrogens (tertiary/aromatic N) is 1. The Morgan fingerprint density at radius 2 is 1.87 bits per heavy atom. The van der Waals surface area contributed by atoms with Crippen LogP contribution in [-0.2, 0) is 22.3 Å². The number of benzene rings is 2. The van der Waals surface area contributed by atoms with Gasteiger partial charge in [-0.05, 0) is 30.3 Å². The van der Waals surface area contributed by atoms with E-state index in [1.807, 2.05) is 48.5 Å². The highest BCUT2D eigenvalue weighted by Crippen LogP contribution is 2.25. The fraction of sp³-hybridized carbons (Fsp3) is 0.188. The average Bonchev–Trinajstić information content (AvgIpc) is 2.96. The molecular weight excluding hydrogens is 330 g/mol. The molecule has 3 aromatic rings. The van der Waals surface area contributed by atoms with Crippen molar-refractivity contribution >= 4 is 36.7 Å². The van der Waals surface area contributed by atoms with Crippen molar-refractivity contribution in [1.29, 1.82) is 0 Å². The van der Waals surface area contributed by atoms with Crippen LogP contribution in [0.15, 0.2) is 48.5 Å². The Hall–Kier alpha value is -1.96. The maximum absolute atomic E-state index is 11.6. The highest BCUT2D eigenvalue weighted by atomic mass is 32.2. The zero-order valence-electron chi connectivity index (χ0n) is 12.6. The summed E-state index contributed by atoms with van der Waals surface area (Å²) in [4.78, 5) is 4.52. The first-order valence-corrected chi connectivity index (χ1v) is 9.61. The van der Waals surface area contributed by atoms with E-state index in [1.54, 1.807) is 11.3 Å². The van der Waals surface area contributed by atoms with E-state index in [4.69, 9.17) is 0 Å². The molecule has 0 atom stereocenters. The second-order valence-electron chi connectivity index (χ2n) is 5.12. The van der Waals surface area contributed by atoms with Crippen molar-refractivity contribution < 1.29 is 8.42 Å². The van der Waals surface area contributed by atoms with Crippen molar-refractivity contribution in [1.82, 2.24) is 9.71 Å². The predicted octanol–water partition coefficient (Wildman–Crippen LogP) is 2.96. The van der Waals surface area contributed by atoms with Crippen LogP contribution in [0.5, 0.6) is 0 Å². The molecule has 0 aliphatic rings. The number of fused-ring (bicyclic) bond motifs is 1. The summed E-state index contributed by atoms with van der Waals surface area (Å²) in [5, 5.41) is 4.16. The van der Waals surface area contributed by atoms with Crippen molar-refractivity contribution in [3.05, 3.63) is 59.7 Å². The number of aromatic nitrogens is 1. The Bertz CT molecular complexity index is 887.